The van der Waals surface area contributed by atoms with Gasteiger partial charge in [0.05, 0.1) is 24.5 Å². The molecule has 1 aromatic heterocycles. The van der Waals surface area contributed by atoms with Crippen molar-refractivity contribution in [2.75, 3.05) is 38.3 Å². The van der Waals surface area contributed by atoms with Crippen molar-refractivity contribution in [1.29, 1.82) is 0 Å². The van der Waals surface area contributed by atoms with E-state index in [9.17, 15) is 9.18 Å². The number of anilines is 1. The van der Waals surface area contributed by atoms with Crippen LogP contribution in [0, 0.1) is 5.82 Å². The summed E-state index contributed by atoms with van der Waals surface area (Å²) in [6.07, 6.45) is 7.05. The second kappa shape index (κ2) is 8.86. The van der Waals surface area contributed by atoms with Crippen LogP contribution in [0.25, 0.3) is 11.3 Å². The highest BCUT2D eigenvalue weighted by Gasteiger charge is 2.27. The maximum Gasteiger partial charge on any atom is 0.257 e. The van der Waals surface area contributed by atoms with Crippen molar-refractivity contribution in [3.8, 4) is 11.3 Å². The highest BCUT2D eigenvalue weighted by Crippen LogP contribution is 2.29. The molecule has 4 rings (SSSR count). The van der Waals surface area contributed by atoms with Gasteiger partial charge in [0.25, 0.3) is 5.91 Å². The molecule has 0 bridgehead atoms. The molecule has 1 aromatic carbocycles. The summed E-state index contributed by atoms with van der Waals surface area (Å²) in [5.41, 5.74) is 1.03. The molecule has 1 saturated heterocycles. The van der Waals surface area contributed by atoms with Crippen LogP contribution in [0.3, 0.4) is 0 Å². The van der Waals surface area contributed by atoms with Crippen LogP contribution in [-0.4, -0.2) is 60.2 Å². The van der Waals surface area contributed by atoms with Crippen LogP contribution in [0.15, 0.2) is 30.5 Å². The molecule has 0 atom stereocenters. The summed E-state index contributed by atoms with van der Waals surface area (Å²) in [4.78, 5) is 26.2. The van der Waals surface area contributed by atoms with Crippen molar-refractivity contribution in [3.63, 3.8) is 0 Å². The number of amides is 1. The first-order valence-corrected chi connectivity index (χ1v) is 10.4. The van der Waals surface area contributed by atoms with Gasteiger partial charge >= 0.3 is 0 Å². The number of carbonyl (C=O) groups is 1. The van der Waals surface area contributed by atoms with Crippen LogP contribution in [0.1, 0.15) is 42.5 Å². The molecule has 1 saturated carbocycles. The Hall–Kier alpha value is -2.54. The number of ether oxygens (including phenoxy) is 1. The van der Waals surface area contributed by atoms with Gasteiger partial charge in [0, 0.05) is 37.9 Å². The number of carbonyl (C=O) groups excluding carboxylic acids is 1. The Balaban J connectivity index is 1.72. The molecule has 154 valence electrons. The summed E-state index contributed by atoms with van der Waals surface area (Å²) in [5, 5.41) is 0. The molecule has 6 nitrogen and oxygen atoms in total. The van der Waals surface area contributed by atoms with Crippen LogP contribution in [0.4, 0.5) is 10.3 Å². The second-order valence-electron chi connectivity index (χ2n) is 7.72. The van der Waals surface area contributed by atoms with Gasteiger partial charge in [-0.05, 0) is 25.0 Å². The third-order valence-electron chi connectivity index (χ3n) is 5.87. The van der Waals surface area contributed by atoms with Gasteiger partial charge in [-0.15, -0.1) is 0 Å². The summed E-state index contributed by atoms with van der Waals surface area (Å²) in [7, 11) is 1.83. The summed E-state index contributed by atoms with van der Waals surface area (Å²) in [6, 6.07) is 6.67. The van der Waals surface area contributed by atoms with Crippen molar-refractivity contribution >= 4 is 11.9 Å². The monoisotopic (exact) mass is 398 g/mol. The van der Waals surface area contributed by atoms with E-state index in [1.165, 1.54) is 12.5 Å². The summed E-state index contributed by atoms with van der Waals surface area (Å²) in [5.74, 6) is -0.0411. The van der Waals surface area contributed by atoms with E-state index in [1.54, 1.807) is 29.3 Å². The van der Waals surface area contributed by atoms with Gasteiger partial charge in [-0.25, -0.2) is 14.4 Å². The van der Waals surface area contributed by atoms with Gasteiger partial charge in [0.1, 0.15) is 5.82 Å². The van der Waals surface area contributed by atoms with Crippen LogP contribution in [-0.2, 0) is 4.74 Å². The average Bonchev–Trinajstić information content (AvgIpc) is 2.79. The zero-order chi connectivity index (χ0) is 20.2. The molecule has 0 radical (unpaired) electrons. The molecule has 7 heteroatoms. The molecule has 1 aliphatic carbocycles. The maximum absolute atomic E-state index is 14.6. The first-order chi connectivity index (χ1) is 14.1. The number of hydrogen-bond acceptors (Lipinski definition) is 5. The standard InChI is InChI=1S/C22H27FN4O2/c1-26(16-7-3-2-4-8-16)21(28)18-15-24-22(27-11-13-29-14-12-27)25-20(18)17-9-5-6-10-19(17)23/h5-6,9-10,15-16H,2-4,7-8,11-14H2,1H3. The highest BCUT2D eigenvalue weighted by atomic mass is 19.1. The molecule has 2 fully saturated rings. The Morgan fingerprint density at radius 1 is 1.17 bits per heavy atom. The second-order valence-corrected chi connectivity index (χ2v) is 7.72. The predicted octanol–water partition coefficient (Wildman–Crippen LogP) is 3.52. The third-order valence-corrected chi connectivity index (χ3v) is 5.87. The SMILES string of the molecule is CN(C(=O)c1cnc(N2CCOCC2)nc1-c1ccccc1F)C1CCCCC1. The van der Waals surface area contributed by atoms with Crippen molar-refractivity contribution in [2.45, 2.75) is 38.1 Å². The lowest BCUT2D eigenvalue weighted by molar-refractivity contribution is 0.0696. The minimum absolute atomic E-state index is 0.149. The van der Waals surface area contributed by atoms with Crippen LogP contribution in [0.2, 0.25) is 0 Å². The summed E-state index contributed by atoms with van der Waals surface area (Å²) >= 11 is 0. The van der Waals surface area contributed by atoms with E-state index < -0.39 is 5.82 Å². The number of halogens is 1. The number of hydrogen-bond donors (Lipinski definition) is 0. The minimum Gasteiger partial charge on any atom is -0.378 e. The summed E-state index contributed by atoms with van der Waals surface area (Å²) in [6.45, 7) is 2.55. The highest BCUT2D eigenvalue weighted by molar-refractivity contribution is 6.00. The van der Waals surface area contributed by atoms with Gasteiger partial charge < -0.3 is 14.5 Å². The van der Waals surface area contributed by atoms with Gasteiger partial charge in [0.15, 0.2) is 0 Å². The molecular weight excluding hydrogens is 371 g/mol. The largest absolute Gasteiger partial charge is 0.378 e. The fraction of sp³-hybridized carbons (Fsp3) is 0.500. The van der Waals surface area contributed by atoms with Gasteiger partial charge in [-0.1, -0.05) is 31.4 Å². The first-order valence-electron chi connectivity index (χ1n) is 10.4. The van der Waals surface area contributed by atoms with Crippen molar-refractivity contribution in [1.82, 2.24) is 14.9 Å². The topological polar surface area (TPSA) is 58.6 Å². The van der Waals surface area contributed by atoms with E-state index in [1.807, 2.05) is 11.9 Å². The Kier molecular flexibility index (Phi) is 6.04. The molecule has 0 spiro atoms. The van der Waals surface area contributed by atoms with Crippen molar-refractivity contribution < 1.29 is 13.9 Å². The molecule has 1 amide bonds. The van der Waals surface area contributed by atoms with E-state index in [0.29, 0.717) is 49.1 Å². The number of morpholine rings is 1. The number of aromatic nitrogens is 2. The molecule has 2 aliphatic rings. The van der Waals surface area contributed by atoms with Gasteiger partial charge in [-0.2, -0.15) is 0 Å². The van der Waals surface area contributed by atoms with E-state index in [0.717, 1.165) is 25.7 Å². The van der Waals surface area contributed by atoms with Gasteiger partial charge in [-0.3, -0.25) is 4.79 Å². The lowest BCUT2D eigenvalue weighted by Crippen LogP contribution is -2.39. The van der Waals surface area contributed by atoms with Crippen molar-refractivity contribution in [2.24, 2.45) is 0 Å². The summed E-state index contributed by atoms with van der Waals surface area (Å²) < 4.78 is 20.0. The van der Waals surface area contributed by atoms with E-state index >= 15 is 0 Å². The minimum atomic E-state index is -0.395. The van der Waals surface area contributed by atoms with E-state index in [4.69, 9.17) is 4.74 Å². The quantitative estimate of drug-likeness (QED) is 0.789. The Labute approximate surface area is 170 Å². The zero-order valence-electron chi connectivity index (χ0n) is 16.8. The lowest BCUT2D eigenvalue weighted by atomic mass is 9.94. The van der Waals surface area contributed by atoms with E-state index in [2.05, 4.69) is 9.97 Å². The maximum atomic E-state index is 14.6. The lowest BCUT2D eigenvalue weighted by Gasteiger charge is -2.32. The average molecular weight is 398 g/mol. The Morgan fingerprint density at radius 2 is 1.90 bits per heavy atom. The zero-order valence-corrected chi connectivity index (χ0v) is 16.8. The Morgan fingerprint density at radius 3 is 2.62 bits per heavy atom. The first kappa shape index (κ1) is 19.8. The molecule has 0 N–H and O–H groups in total. The molecule has 2 aromatic rings. The molecule has 29 heavy (non-hydrogen) atoms. The number of nitrogens with zero attached hydrogens (tertiary/aromatic N) is 4. The smallest absolute Gasteiger partial charge is 0.257 e. The molecule has 1 aliphatic heterocycles. The number of rotatable bonds is 4. The molecule has 2 heterocycles. The fourth-order valence-corrected chi connectivity index (χ4v) is 4.13. The normalized spacial score (nSPS) is 17.9. The Bertz CT molecular complexity index is 864. The van der Waals surface area contributed by atoms with Crippen molar-refractivity contribution in [3.05, 3.63) is 41.8 Å². The molecule has 0 unspecified atom stereocenters. The molecular formula is C22H27FN4O2. The predicted molar refractivity (Wildman–Crippen MR) is 109 cm³/mol. The van der Waals surface area contributed by atoms with Crippen LogP contribution in [0.5, 0.6) is 0 Å². The third kappa shape index (κ3) is 4.24. The van der Waals surface area contributed by atoms with Crippen LogP contribution < -0.4 is 4.90 Å². The number of benzene rings is 1. The fourth-order valence-electron chi connectivity index (χ4n) is 4.13. The van der Waals surface area contributed by atoms with E-state index in [-0.39, 0.29) is 11.9 Å². The van der Waals surface area contributed by atoms with Crippen LogP contribution >= 0.6 is 0 Å². The van der Waals surface area contributed by atoms with Gasteiger partial charge in [0.2, 0.25) is 5.95 Å².